The fourth-order valence-corrected chi connectivity index (χ4v) is 4.72. The Kier molecular flexibility index (Phi) is 5.88. The molecule has 34 heavy (non-hydrogen) atoms. The van der Waals surface area contributed by atoms with Gasteiger partial charge in [0.05, 0.1) is 22.7 Å². The second-order valence-electron chi connectivity index (χ2n) is 8.22. The van der Waals surface area contributed by atoms with Crippen LogP contribution in [0.2, 0.25) is 10.0 Å². The summed E-state index contributed by atoms with van der Waals surface area (Å²) < 4.78 is 0. The predicted octanol–water partition coefficient (Wildman–Crippen LogP) is 2.16. The molecule has 0 aliphatic carbocycles. The van der Waals surface area contributed by atoms with Crippen LogP contribution >= 0.6 is 23.2 Å². The highest BCUT2D eigenvalue weighted by atomic mass is 35.5. The molecule has 10 nitrogen and oxygen atoms in total. The van der Waals surface area contributed by atoms with Gasteiger partial charge in [-0.05, 0) is 23.8 Å². The number of anilines is 1. The molecule has 0 saturated carbocycles. The lowest BCUT2D eigenvalue weighted by atomic mass is 10.1. The van der Waals surface area contributed by atoms with Gasteiger partial charge in [-0.15, -0.1) is 0 Å². The fourth-order valence-electron chi connectivity index (χ4n) is 4.35. The van der Waals surface area contributed by atoms with Crippen molar-refractivity contribution in [3.05, 3.63) is 57.2 Å². The molecule has 5 amide bonds. The summed E-state index contributed by atoms with van der Waals surface area (Å²) in [4.78, 5) is 58.0. The van der Waals surface area contributed by atoms with Crippen molar-refractivity contribution in [1.29, 1.82) is 0 Å². The van der Waals surface area contributed by atoms with Gasteiger partial charge in [0.15, 0.2) is 0 Å². The van der Waals surface area contributed by atoms with E-state index in [9.17, 15) is 19.2 Å². The molecule has 0 radical (unpaired) electrons. The fraction of sp³-hybridized carbons (Fsp3) is 0.318. The third-order valence-corrected chi connectivity index (χ3v) is 6.89. The SMILES string of the molecule is O=C1CCN(N2C(=O)c3ccc(CN4CCN(c5nccc(Cl)c5Cl)CC4)cc3C2=O)C(=O)N1. The van der Waals surface area contributed by atoms with Crippen LogP contribution in [-0.2, 0) is 11.3 Å². The molecule has 1 aromatic heterocycles. The number of hydrogen-bond acceptors (Lipinski definition) is 7. The number of aromatic nitrogens is 1. The average molecular weight is 503 g/mol. The lowest BCUT2D eigenvalue weighted by molar-refractivity contribution is -0.122. The van der Waals surface area contributed by atoms with Crippen LogP contribution < -0.4 is 10.2 Å². The number of pyridine rings is 1. The highest BCUT2D eigenvalue weighted by Crippen LogP contribution is 2.31. The number of rotatable bonds is 4. The number of nitrogens with zero attached hydrogens (tertiary/aromatic N) is 5. The van der Waals surface area contributed by atoms with E-state index in [1.165, 1.54) is 0 Å². The van der Waals surface area contributed by atoms with Crippen molar-refractivity contribution in [1.82, 2.24) is 25.2 Å². The number of hydrazine groups is 1. The Bertz CT molecular complexity index is 1210. The zero-order valence-electron chi connectivity index (χ0n) is 18.0. The van der Waals surface area contributed by atoms with Crippen LogP contribution in [0.15, 0.2) is 30.5 Å². The Balaban J connectivity index is 1.26. The largest absolute Gasteiger partial charge is 0.353 e. The molecule has 2 aromatic rings. The summed E-state index contributed by atoms with van der Waals surface area (Å²) in [6.45, 7) is 3.50. The van der Waals surface area contributed by atoms with Gasteiger partial charge in [-0.25, -0.2) is 14.8 Å². The van der Waals surface area contributed by atoms with Crippen molar-refractivity contribution in [3.63, 3.8) is 0 Å². The van der Waals surface area contributed by atoms with Crippen molar-refractivity contribution in [2.24, 2.45) is 0 Å². The van der Waals surface area contributed by atoms with Crippen LogP contribution in [0.3, 0.4) is 0 Å². The number of fused-ring (bicyclic) bond motifs is 1. The van der Waals surface area contributed by atoms with E-state index >= 15 is 0 Å². The molecule has 1 N–H and O–H groups in total. The molecule has 12 heteroatoms. The minimum absolute atomic E-state index is 0.0201. The van der Waals surface area contributed by atoms with Gasteiger partial charge in [0.25, 0.3) is 11.8 Å². The first-order valence-electron chi connectivity index (χ1n) is 10.7. The number of amides is 5. The van der Waals surface area contributed by atoms with Gasteiger partial charge < -0.3 is 4.90 Å². The number of benzene rings is 1. The van der Waals surface area contributed by atoms with Gasteiger partial charge >= 0.3 is 6.03 Å². The van der Waals surface area contributed by atoms with Crippen molar-refractivity contribution in [2.45, 2.75) is 13.0 Å². The second-order valence-corrected chi connectivity index (χ2v) is 9.01. The Labute approximate surface area is 205 Å². The molecule has 2 saturated heterocycles. The third-order valence-electron chi connectivity index (χ3n) is 6.10. The zero-order chi connectivity index (χ0) is 24.0. The molecule has 5 rings (SSSR count). The van der Waals surface area contributed by atoms with Gasteiger partial charge in [0.1, 0.15) is 10.8 Å². The summed E-state index contributed by atoms with van der Waals surface area (Å²) in [5, 5.41) is 4.84. The Hall–Kier alpha value is -3.21. The number of hydrogen-bond donors (Lipinski definition) is 1. The first-order chi connectivity index (χ1) is 16.3. The maximum atomic E-state index is 13.0. The molecule has 0 bridgehead atoms. The molecule has 176 valence electrons. The Morgan fingerprint density at radius 3 is 2.38 bits per heavy atom. The van der Waals surface area contributed by atoms with E-state index in [1.54, 1.807) is 24.4 Å². The summed E-state index contributed by atoms with van der Waals surface area (Å²) in [5.41, 5.74) is 1.37. The van der Waals surface area contributed by atoms with Crippen LogP contribution in [0.5, 0.6) is 0 Å². The van der Waals surface area contributed by atoms with Gasteiger partial charge in [0.2, 0.25) is 5.91 Å². The minimum Gasteiger partial charge on any atom is -0.353 e. The number of halogens is 2. The topological polar surface area (TPSA) is 106 Å². The van der Waals surface area contributed by atoms with E-state index in [1.807, 2.05) is 6.07 Å². The van der Waals surface area contributed by atoms with Gasteiger partial charge in [-0.2, -0.15) is 5.01 Å². The number of urea groups is 1. The summed E-state index contributed by atoms with van der Waals surface area (Å²) >= 11 is 12.4. The summed E-state index contributed by atoms with van der Waals surface area (Å²) in [7, 11) is 0. The Morgan fingerprint density at radius 2 is 1.65 bits per heavy atom. The van der Waals surface area contributed by atoms with Crippen LogP contribution in [0, 0.1) is 0 Å². The summed E-state index contributed by atoms with van der Waals surface area (Å²) in [6.07, 6.45) is 1.65. The number of carbonyl (C=O) groups excluding carboxylic acids is 4. The molecule has 4 heterocycles. The Morgan fingerprint density at radius 1 is 0.912 bits per heavy atom. The van der Waals surface area contributed by atoms with E-state index in [4.69, 9.17) is 23.2 Å². The van der Waals surface area contributed by atoms with Gasteiger partial charge in [0, 0.05) is 45.3 Å². The third kappa shape index (κ3) is 3.97. The molecule has 2 fully saturated rings. The number of imide groups is 2. The van der Waals surface area contributed by atoms with Crippen molar-refractivity contribution >= 4 is 52.8 Å². The van der Waals surface area contributed by atoms with E-state index in [0.29, 0.717) is 35.5 Å². The van der Waals surface area contributed by atoms with Crippen LogP contribution in [0.1, 0.15) is 32.7 Å². The van der Waals surface area contributed by atoms with Crippen molar-refractivity contribution in [2.75, 3.05) is 37.6 Å². The maximum absolute atomic E-state index is 13.0. The van der Waals surface area contributed by atoms with Crippen molar-refractivity contribution < 1.29 is 19.2 Å². The van der Waals surface area contributed by atoms with E-state index in [0.717, 1.165) is 28.7 Å². The first kappa shape index (κ1) is 22.6. The van der Waals surface area contributed by atoms with Crippen molar-refractivity contribution in [3.8, 4) is 0 Å². The zero-order valence-corrected chi connectivity index (χ0v) is 19.5. The summed E-state index contributed by atoms with van der Waals surface area (Å²) in [5.74, 6) is -0.916. The maximum Gasteiger partial charge on any atom is 0.343 e. The highest BCUT2D eigenvalue weighted by molar-refractivity contribution is 6.43. The van der Waals surface area contributed by atoms with E-state index < -0.39 is 23.8 Å². The lowest BCUT2D eigenvalue weighted by Gasteiger charge is -2.35. The predicted molar refractivity (Wildman–Crippen MR) is 124 cm³/mol. The minimum atomic E-state index is -0.779. The molecule has 1 aromatic carbocycles. The van der Waals surface area contributed by atoms with Crippen LogP contribution in [0.25, 0.3) is 0 Å². The van der Waals surface area contributed by atoms with E-state index in [2.05, 4.69) is 20.1 Å². The number of nitrogens with one attached hydrogen (secondary N) is 1. The lowest BCUT2D eigenvalue weighted by Crippen LogP contribution is -2.58. The number of piperazine rings is 1. The normalized spacial score (nSPS) is 19.1. The number of carbonyl (C=O) groups is 4. The standard InChI is InChI=1S/C22H20Cl2N6O4/c23-16-3-5-25-19(18(16)24)28-9-7-27(8-10-28)12-13-1-2-14-15(11-13)21(33)30(20(14)32)29-6-4-17(31)26-22(29)34/h1-3,5,11H,4,6-10,12H2,(H,26,31,34). The van der Waals surface area contributed by atoms with Crippen LogP contribution in [-0.4, -0.2) is 76.4 Å². The average Bonchev–Trinajstić information content (AvgIpc) is 3.06. The quantitative estimate of drug-likeness (QED) is 0.638. The first-order valence-corrected chi connectivity index (χ1v) is 11.5. The molecule has 0 unspecified atom stereocenters. The molecule has 0 atom stereocenters. The van der Waals surface area contributed by atoms with Crippen LogP contribution in [0.4, 0.5) is 10.6 Å². The van der Waals surface area contributed by atoms with Gasteiger partial charge in [-0.3, -0.25) is 24.6 Å². The van der Waals surface area contributed by atoms with E-state index in [-0.39, 0.29) is 24.1 Å². The molecular formula is C22H20Cl2N6O4. The molecule has 3 aliphatic heterocycles. The van der Waals surface area contributed by atoms with Gasteiger partial charge in [-0.1, -0.05) is 29.3 Å². The highest BCUT2D eigenvalue weighted by Gasteiger charge is 2.43. The molecule has 3 aliphatic rings. The second kappa shape index (κ2) is 8.86. The summed E-state index contributed by atoms with van der Waals surface area (Å²) in [6, 6.07) is 6.00. The molecular weight excluding hydrogens is 483 g/mol. The monoisotopic (exact) mass is 502 g/mol. The molecule has 0 spiro atoms. The smallest absolute Gasteiger partial charge is 0.343 e.